The zero-order chi connectivity index (χ0) is 9.84. The van der Waals surface area contributed by atoms with Crippen LogP contribution in [0.5, 0.6) is 0 Å². The average molecular weight is 183 g/mol. The van der Waals surface area contributed by atoms with Crippen molar-refractivity contribution in [1.82, 2.24) is 4.98 Å². The van der Waals surface area contributed by atoms with Gasteiger partial charge in [-0.05, 0) is 12.1 Å². The SMILES string of the molecule is NNc1ccc(C(=O)O)c(NN)n1. The van der Waals surface area contributed by atoms with E-state index in [4.69, 9.17) is 16.8 Å². The van der Waals surface area contributed by atoms with Crippen molar-refractivity contribution in [2.24, 2.45) is 11.7 Å². The quantitative estimate of drug-likeness (QED) is 0.311. The Labute approximate surface area is 73.7 Å². The van der Waals surface area contributed by atoms with Crippen molar-refractivity contribution in [3.05, 3.63) is 17.7 Å². The van der Waals surface area contributed by atoms with Crippen molar-refractivity contribution < 1.29 is 9.90 Å². The summed E-state index contributed by atoms with van der Waals surface area (Å²) in [6.07, 6.45) is 0. The highest BCUT2D eigenvalue weighted by atomic mass is 16.4. The number of rotatable bonds is 3. The molecule has 7 heteroatoms. The fourth-order valence-electron chi connectivity index (χ4n) is 0.822. The van der Waals surface area contributed by atoms with E-state index in [2.05, 4.69) is 15.8 Å². The van der Waals surface area contributed by atoms with Gasteiger partial charge in [0.05, 0.1) is 0 Å². The van der Waals surface area contributed by atoms with Crippen LogP contribution in [0.2, 0.25) is 0 Å². The van der Waals surface area contributed by atoms with Gasteiger partial charge < -0.3 is 16.0 Å². The molecule has 1 rings (SSSR count). The number of hydrogen-bond donors (Lipinski definition) is 5. The molecule has 0 amide bonds. The van der Waals surface area contributed by atoms with Crippen LogP contribution in [0.25, 0.3) is 0 Å². The number of hydrazine groups is 2. The van der Waals surface area contributed by atoms with E-state index in [-0.39, 0.29) is 11.4 Å². The molecule has 70 valence electrons. The van der Waals surface area contributed by atoms with Crippen LogP contribution in [-0.4, -0.2) is 16.1 Å². The summed E-state index contributed by atoms with van der Waals surface area (Å²) in [5, 5.41) is 8.67. The lowest BCUT2D eigenvalue weighted by Crippen LogP contribution is -2.16. The largest absolute Gasteiger partial charge is 0.478 e. The molecule has 1 aromatic rings. The molecule has 0 aliphatic heterocycles. The summed E-state index contributed by atoms with van der Waals surface area (Å²) in [6.45, 7) is 0. The molecule has 0 bridgehead atoms. The fourth-order valence-corrected chi connectivity index (χ4v) is 0.822. The van der Waals surface area contributed by atoms with Crippen LogP contribution in [0, 0.1) is 0 Å². The van der Waals surface area contributed by atoms with E-state index < -0.39 is 5.97 Å². The van der Waals surface area contributed by atoms with Crippen LogP contribution in [0.15, 0.2) is 12.1 Å². The van der Waals surface area contributed by atoms with E-state index in [1.165, 1.54) is 12.1 Å². The summed E-state index contributed by atoms with van der Waals surface area (Å²) in [5.74, 6) is 9.42. The van der Waals surface area contributed by atoms with Gasteiger partial charge in [-0.1, -0.05) is 0 Å². The van der Waals surface area contributed by atoms with Crippen molar-refractivity contribution in [2.45, 2.75) is 0 Å². The Kier molecular flexibility index (Phi) is 2.62. The van der Waals surface area contributed by atoms with E-state index in [0.29, 0.717) is 5.82 Å². The maximum absolute atomic E-state index is 10.6. The van der Waals surface area contributed by atoms with E-state index in [1.807, 2.05) is 0 Å². The number of aromatic carboxylic acids is 1. The maximum Gasteiger partial charge on any atom is 0.339 e. The Hall–Kier alpha value is -1.86. The summed E-state index contributed by atoms with van der Waals surface area (Å²) in [4.78, 5) is 14.4. The number of carbonyl (C=O) groups is 1. The lowest BCUT2D eigenvalue weighted by molar-refractivity contribution is 0.0697. The second kappa shape index (κ2) is 3.70. The number of pyridine rings is 1. The maximum atomic E-state index is 10.6. The molecule has 1 heterocycles. The Morgan fingerprint density at radius 2 is 2.08 bits per heavy atom. The highest BCUT2D eigenvalue weighted by Gasteiger charge is 2.10. The van der Waals surface area contributed by atoms with E-state index in [0.717, 1.165) is 0 Å². The standard InChI is InChI=1S/C6H9N5O2/c7-10-4-2-1-3(6(12)13)5(9-4)11-8/h1-2H,7-8H2,(H,12,13)(H2,9,10,11). The Morgan fingerprint density at radius 1 is 1.38 bits per heavy atom. The van der Waals surface area contributed by atoms with Gasteiger partial charge in [-0.2, -0.15) is 0 Å². The number of nitrogens with one attached hydrogen (secondary N) is 2. The van der Waals surface area contributed by atoms with Crippen molar-refractivity contribution in [3.8, 4) is 0 Å². The Balaban J connectivity index is 3.15. The molecular weight excluding hydrogens is 174 g/mol. The highest BCUT2D eigenvalue weighted by molar-refractivity contribution is 5.93. The topological polar surface area (TPSA) is 126 Å². The van der Waals surface area contributed by atoms with E-state index >= 15 is 0 Å². The molecule has 0 radical (unpaired) electrons. The molecule has 7 N–H and O–H groups in total. The minimum Gasteiger partial charge on any atom is -0.478 e. The molecule has 0 aliphatic rings. The molecule has 0 spiro atoms. The first kappa shape index (κ1) is 9.23. The lowest BCUT2D eigenvalue weighted by Gasteiger charge is -2.05. The molecule has 1 aromatic heterocycles. The van der Waals surface area contributed by atoms with Gasteiger partial charge in [-0.15, -0.1) is 0 Å². The number of anilines is 2. The van der Waals surface area contributed by atoms with Crippen LogP contribution in [0.4, 0.5) is 11.6 Å². The van der Waals surface area contributed by atoms with Gasteiger partial charge in [0.15, 0.2) is 5.82 Å². The van der Waals surface area contributed by atoms with Gasteiger partial charge in [0, 0.05) is 0 Å². The van der Waals surface area contributed by atoms with Crippen molar-refractivity contribution in [3.63, 3.8) is 0 Å². The molecule has 0 saturated carbocycles. The third-order valence-electron chi connectivity index (χ3n) is 1.41. The van der Waals surface area contributed by atoms with Crippen LogP contribution in [-0.2, 0) is 0 Å². The number of nitrogen functional groups attached to an aromatic ring is 2. The van der Waals surface area contributed by atoms with Crippen LogP contribution in [0.1, 0.15) is 10.4 Å². The molecular formula is C6H9N5O2. The molecule has 0 aliphatic carbocycles. The lowest BCUT2D eigenvalue weighted by atomic mass is 10.2. The Morgan fingerprint density at radius 3 is 2.54 bits per heavy atom. The first-order valence-corrected chi connectivity index (χ1v) is 3.36. The normalized spacial score (nSPS) is 9.38. The number of nitrogens with zero attached hydrogens (tertiary/aromatic N) is 1. The summed E-state index contributed by atoms with van der Waals surface area (Å²) >= 11 is 0. The minimum atomic E-state index is -1.11. The smallest absolute Gasteiger partial charge is 0.339 e. The highest BCUT2D eigenvalue weighted by Crippen LogP contribution is 2.14. The third-order valence-corrected chi connectivity index (χ3v) is 1.41. The summed E-state index contributed by atoms with van der Waals surface area (Å²) in [7, 11) is 0. The van der Waals surface area contributed by atoms with E-state index in [1.54, 1.807) is 0 Å². The number of hydrogen-bond acceptors (Lipinski definition) is 6. The predicted molar refractivity (Wildman–Crippen MR) is 46.8 cm³/mol. The minimum absolute atomic E-state index is 0.0125. The monoisotopic (exact) mass is 183 g/mol. The first-order chi connectivity index (χ1) is 6.19. The van der Waals surface area contributed by atoms with Gasteiger partial charge in [-0.3, -0.25) is 0 Å². The number of carboxylic acids is 1. The van der Waals surface area contributed by atoms with Gasteiger partial charge in [0.25, 0.3) is 0 Å². The zero-order valence-corrected chi connectivity index (χ0v) is 6.61. The summed E-state index contributed by atoms with van der Waals surface area (Å²) < 4.78 is 0. The van der Waals surface area contributed by atoms with Gasteiger partial charge >= 0.3 is 5.97 Å². The molecule has 0 aromatic carbocycles. The molecule has 0 unspecified atom stereocenters. The average Bonchev–Trinajstić information content (AvgIpc) is 2.16. The summed E-state index contributed by atoms with van der Waals surface area (Å²) in [5.41, 5.74) is 4.42. The first-order valence-electron chi connectivity index (χ1n) is 3.36. The van der Waals surface area contributed by atoms with Crippen LogP contribution < -0.4 is 22.5 Å². The van der Waals surface area contributed by atoms with Crippen molar-refractivity contribution in [2.75, 3.05) is 10.9 Å². The van der Waals surface area contributed by atoms with E-state index in [9.17, 15) is 4.79 Å². The second-order valence-corrected chi connectivity index (χ2v) is 2.19. The molecule has 13 heavy (non-hydrogen) atoms. The number of aromatic nitrogens is 1. The molecule has 0 atom stereocenters. The van der Waals surface area contributed by atoms with Crippen molar-refractivity contribution in [1.29, 1.82) is 0 Å². The molecule has 7 nitrogen and oxygen atoms in total. The van der Waals surface area contributed by atoms with Gasteiger partial charge in [0.1, 0.15) is 11.4 Å². The second-order valence-electron chi connectivity index (χ2n) is 2.19. The number of carboxylic acid groups (broad SMARTS) is 1. The Bertz CT molecular complexity index is 327. The predicted octanol–water partition coefficient (Wildman–Crippen LogP) is -0.649. The van der Waals surface area contributed by atoms with Crippen molar-refractivity contribution >= 4 is 17.6 Å². The fraction of sp³-hybridized carbons (Fsp3) is 0. The zero-order valence-electron chi connectivity index (χ0n) is 6.61. The third kappa shape index (κ3) is 1.83. The van der Waals surface area contributed by atoms with Crippen LogP contribution >= 0.6 is 0 Å². The van der Waals surface area contributed by atoms with Crippen LogP contribution in [0.3, 0.4) is 0 Å². The summed E-state index contributed by atoms with van der Waals surface area (Å²) in [6, 6.07) is 2.78. The molecule has 0 fully saturated rings. The van der Waals surface area contributed by atoms with Gasteiger partial charge in [0.2, 0.25) is 0 Å². The van der Waals surface area contributed by atoms with Gasteiger partial charge in [-0.25, -0.2) is 21.5 Å². The molecule has 0 saturated heterocycles. The number of nitrogens with two attached hydrogens (primary N) is 2.